The first-order valence-electron chi connectivity index (χ1n) is 9.39. The van der Waals surface area contributed by atoms with Crippen LogP contribution in [-0.4, -0.2) is 39.5 Å². The predicted octanol–water partition coefficient (Wildman–Crippen LogP) is 5.01. The number of amides is 1. The molecule has 5 nitrogen and oxygen atoms in total. The Kier molecular flexibility index (Phi) is 5.61. The van der Waals surface area contributed by atoms with Gasteiger partial charge in [0.15, 0.2) is 0 Å². The minimum Gasteiger partial charge on any atom is -0.444 e. The van der Waals surface area contributed by atoms with Gasteiger partial charge >= 0.3 is 6.09 Å². The van der Waals surface area contributed by atoms with Crippen LogP contribution in [0.4, 0.5) is 4.79 Å². The molecular weight excluding hydrogens is 394 g/mol. The lowest BCUT2D eigenvalue weighted by molar-refractivity contribution is 0.0177. The Morgan fingerprint density at radius 1 is 1.31 bits per heavy atom. The molecule has 0 saturated carbocycles. The van der Waals surface area contributed by atoms with E-state index >= 15 is 0 Å². The number of aromatic nitrogens is 2. The fourth-order valence-corrected chi connectivity index (χ4v) is 4.14. The lowest BCUT2D eigenvalue weighted by atomic mass is 9.97. The number of nitrogens with zero attached hydrogens (tertiary/aromatic N) is 3. The number of hydrogen-bond acceptors (Lipinski definition) is 3. The van der Waals surface area contributed by atoms with Gasteiger partial charge in [-0.2, -0.15) is 5.10 Å². The molecule has 0 atom stereocenters. The van der Waals surface area contributed by atoms with Gasteiger partial charge in [0.1, 0.15) is 5.60 Å². The zero-order valence-corrected chi connectivity index (χ0v) is 17.7. The van der Waals surface area contributed by atoms with Crippen molar-refractivity contribution in [2.24, 2.45) is 5.92 Å². The Morgan fingerprint density at radius 3 is 2.62 bits per heavy atom. The molecule has 26 heavy (non-hydrogen) atoms. The van der Waals surface area contributed by atoms with E-state index in [9.17, 15) is 4.79 Å². The molecule has 1 saturated heterocycles. The summed E-state index contributed by atoms with van der Waals surface area (Å²) in [6.45, 7) is 10.3. The molecule has 1 aromatic heterocycles. The van der Waals surface area contributed by atoms with Crippen LogP contribution in [0.2, 0.25) is 0 Å². The van der Waals surface area contributed by atoms with Crippen molar-refractivity contribution < 1.29 is 9.53 Å². The van der Waals surface area contributed by atoms with E-state index in [0.717, 1.165) is 48.9 Å². The van der Waals surface area contributed by atoms with Gasteiger partial charge in [-0.15, -0.1) is 0 Å². The molecule has 0 unspecified atom stereocenters. The maximum atomic E-state index is 12.2. The van der Waals surface area contributed by atoms with Crippen molar-refractivity contribution in [2.45, 2.75) is 59.1 Å². The fourth-order valence-electron chi connectivity index (χ4n) is 3.52. The minimum atomic E-state index is -0.436. The van der Waals surface area contributed by atoms with Gasteiger partial charge in [0.05, 0.1) is 5.52 Å². The monoisotopic (exact) mass is 421 g/mol. The molecule has 0 bridgehead atoms. The van der Waals surface area contributed by atoms with Crippen LogP contribution in [0.3, 0.4) is 0 Å². The molecule has 0 radical (unpaired) electrons. The summed E-state index contributed by atoms with van der Waals surface area (Å²) in [5.74, 6) is 0.538. The Labute approximate surface area is 163 Å². The molecular formula is C20H28BrN3O2. The second-order valence-electron chi connectivity index (χ2n) is 8.07. The van der Waals surface area contributed by atoms with Crippen LogP contribution in [0.1, 0.15) is 46.1 Å². The van der Waals surface area contributed by atoms with E-state index in [4.69, 9.17) is 9.84 Å². The Hall–Kier alpha value is -1.56. The van der Waals surface area contributed by atoms with E-state index in [-0.39, 0.29) is 6.09 Å². The van der Waals surface area contributed by atoms with E-state index in [0.29, 0.717) is 5.92 Å². The standard InChI is InChI=1S/C20H28BrN3O2/c1-5-15-16-13-24(22-18(16)7-6-17(15)21)12-14-8-10-23(11-9-14)19(25)26-20(2,3)4/h6-7,13-14H,5,8-12H2,1-4H3. The van der Waals surface area contributed by atoms with Crippen molar-refractivity contribution in [1.82, 2.24) is 14.7 Å². The number of carbonyl (C=O) groups excluding carboxylic acids is 1. The highest BCUT2D eigenvalue weighted by Gasteiger charge is 2.27. The van der Waals surface area contributed by atoms with Crippen LogP contribution >= 0.6 is 15.9 Å². The van der Waals surface area contributed by atoms with Crippen LogP contribution in [0.15, 0.2) is 22.8 Å². The fraction of sp³-hybridized carbons (Fsp3) is 0.600. The number of benzene rings is 1. The summed E-state index contributed by atoms with van der Waals surface area (Å²) in [7, 11) is 0. The molecule has 0 N–H and O–H groups in total. The normalized spacial score (nSPS) is 16.3. The zero-order chi connectivity index (χ0) is 18.9. The predicted molar refractivity (Wildman–Crippen MR) is 107 cm³/mol. The third-order valence-electron chi connectivity index (χ3n) is 4.86. The van der Waals surface area contributed by atoms with E-state index in [1.807, 2.05) is 25.7 Å². The van der Waals surface area contributed by atoms with Crippen molar-refractivity contribution in [2.75, 3.05) is 13.1 Å². The van der Waals surface area contributed by atoms with Crippen LogP contribution < -0.4 is 0 Å². The highest BCUT2D eigenvalue weighted by molar-refractivity contribution is 9.10. The quantitative estimate of drug-likeness (QED) is 0.699. The maximum Gasteiger partial charge on any atom is 0.410 e. The van der Waals surface area contributed by atoms with Gasteiger partial charge in [-0.1, -0.05) is 22.9 Å². The van der Waals surface area contributed by atoms with Crippen LogP contribution in [-0.2, 0) is 17.7 Å². The van der Waals surface area contributed by atoms with Crippen LogP contribution in [0, 0.1) is 5.92 Å². The molecule has 0 aliphatic carbocycles. The number of carbonyl (C=O) groups is 1. The number of halogens is 1. The molecule has 3 rings (SSSR count). The van der Waals surface area contributed by atoms with Crippen molar-refractivity contribution in [3.63, 3.8) is 0 Å². The van der Waals surface area contributed by atoms with Crippen molar-refractivity contribution >= 4 is 32.9 Å². The van der Waals surface area contributed by atoms with E-state index in [2.05, 4.69) is 45.9 Å². The summed E-state index contributed by atoms with van der Waals surface area (Å²) in [6, 6.07) is 4.15. The number of piperidine rings is 1. The number of likely N-dealkylation sites (tertiary alicyclic amines) is 1. The molecule has 6 heteroatoms. The average Bonchev–Trinajstić information content (AvgIpc) is 2.96. The summed E-state index contributed by atoms with van der Waals surface area (Å²) in [4.78, 5) is 14.0. The molecule has 142 valence electrons. The lowest BCUT2D eigenvalue weighted by Crippen LogP contribution is -2.42. The molecule has 0 spiro atoms. The van der Waals surface area contributed by atoms with Crippen LogP contribution in [0.25, 0.3) is 10.9 Å². The third kappa shape index (κ3) is 4.40. The van der Waals surface area contributed by atoms with Crippen molar-refractivity contribution in [3.8, 4) is 0 Å². The highest BCUT2D eigenvalue weighted by Crippen LogP contribution is 2.27. The number of ether oxygens (including phenoxy) is 1. The first kappa shape index (κ1) is 19.2. The Bertz CT molecular complexity index is 786. The summed E-state index contributed by atoms with van der Waals surface area (Å²) in [5.41, 5.74) is 1.93. The number of rotatable bonds is 3. The van der Waals surface area contributed by atoms with E-state index in [1.54, 1.807) is 0 Å². The lowest BCUT2D eigenvalue weighted by Gasteiger charge is -2.33. The average molecular weight is 422 g/mol. The van der Waals surface area contributed by atoms with Gasteiger partial charge in [-0.25, -0.2) is 4.79 Å². The van der Waals surface area contributed by atoms with E-state index in [1.165, 1.54) is 10.9 Å². The third-order valence-corrected chi connectivity index (χ3v) is 5.60. The van der Waals surface area contributed by atoms with Gasteiger partial charge in [0.25, 0.3) is 0 Å². The number of aryl methyl sites for hydroxylation is 1. The molecule has 1 aromatic carbocycles. The van der Waals surface area contributed by atoms with E-state index < -0.39 is 5.60 Å². The first-order valence-corrected chi connectivity index (χ1v) is 10.2. The Morgan fingerprint density at radius 2 is 2.00 bits per heavy atom. The number of hydrogen-bond donors (Lipinski definition) is 0. The van der Waals surface area contributed by atoms with Gasteiger partial charge < -0.3 is 9.64 Å². The molecule has 1 aliphatic heterocycles. The maximum absolute atomic E-state index is 12.2. The number of fused-ring (bicyclic) bond motifs is 1. The smallest absolute Gasteiger partial charge is 0.410 e. The highest BCUT2D eigenvalue weighted by atomic mass is 79.9. The topological polar surface area (TPSA) is 47.4 Å². The molecule has 1 aliphatic rings. The van der Waals surface area contributed by atoms with Crippen molar-refractivity contribution in [3.05, 3.63) is 28.4 Å². The largest absolute Gasteiger partial charge is 0.444 e. The van der Waals surface area contributed by atoms with Gasteiger partial charge in [0.2, 0.25) is 0 Å². The summed E-state index contributed by atoms with van der Waals surface area (Å²) < 4.78 is 8.70. The molecule has 2 aromatic rings. The van der Waals surface area contributed by atoms with Gasteiger partial charge in [-0.05, 0) is 63.6 Å². The second kappa shape index (κ2) is 7.59. The van der Waals surface area contributed by atoms with Gasteiger partial charge in [0, 0.05) is 35.7 Å². The SMILES string of the molecule is CCc1c(Br)ccc2nn(CC3CCN(C(=O)OC(C)(C)C)CC3)cc12. The van der Waals surface area contributed by atoms with Crippen LogP contribution in [0.5, 0.6) is 0 Å². The summed E-state index contributed by atoms with van der Waals surface area (Å²) >= 11 is 3.64. The van der Waals surface area contributed by atoms with Crippen molar-refractivity contribution in [1.29, 1.82) is 0 Å². The molecule has 1 fully saturated rings. The van der Waals surface area contributed by atoms with Gasteiger partial charge in [-0.3, -0.25) is 4.68 Å². The molecule has 2 heterocycles. The molecule has 1 amide bonds. The summed E-state index contributed by atoms with van der Waals surface area (Å²) in [5, 5.41) is 5.98. The summed E-state index contributed by atoms with van der Waals surface area (Å²) in [6.07, 6.45) is 4.93. The second-order valence-corrected chi connectivity index (χ2v) is 8.93. The zero-order valence-electron chi connectivity index (χ0n) is 16.1. The minimum absolute atomic E-state index is 0.196. The first-order chi connectivity index (χ1) is 12.3. The Balaban J connectivity index is 1.61.